The fourth-order valence-electron chi connectivity index (χ4n) is 2.67. The van der Waals surface area contributed by atoms with Crippen molar-refractivity contribution >= 4 is 5.97 Å². The van der Waals surface area contributed by atoms with E-state index in [1.54, 1.807) is 12.1 Å². The Morgan fingerprint density at radius 3 is 2.65 bits per heavy atom. The van der Waals surface area contributed by atoms with Crippen LogP contribution in [0, 0.1) is 11.2 Å². The summed E-state index contributed by atoms with van der Waals surface area (Å²) in [6.45, 7) is 0.232. The first kappa shape index (κ1) is 12.0. The number of aliphatic carboxylic acids is 1. The topological polar surface area (TPSA) is 63.3 Å². The minimum Gasteiger partial charge on any atom is -0.481 e. The molecule has 0 spiro atoms. The first-order chi connectivity index (χ1) is 8.10. The van der Waals surface area contributed by atoms with Gasteiger partial charge in [0, 0.05) is 12.5 Å². The van der Waals surface area contributed by atoms with Crippen molar-refractivity contribution in [2.24, 2.45) is 11.1 Å². The van der Waals surface area contributed by atoms with Gasteiger partial charge in [-0.1, -0.05) is 18.6 Å². The molecule has 0 saturated heterocycles. The monoisotopic (exact) mass is 237 g/mol. The Morgan fingerprint density at radius 1 is 1.53 bits per heavy atom. The molecule has 2 rings (SSSR count). The fourth-order valence-corrected chi connectivity index (χ4v) is 2.67. The maximum absolute atomic E-state index is 13.2. The molecule has 0 unspecified atom stereocenters. The van der Waals surface area contributed by atoms with Crippen molar-refractivity contribution in [2.45, 2.75) is 25.2 Å². The molecular weight excluding hydrogens is 221 g/mol. The summed E-state index contributed by atoms with van der Waals surface area (Å²) in [6.07, 6.45) is 2.15. The molecule has 0 radical (unpaired) electrons. The Kier molecular flexibility index (Phi) is 3.15. The SMILES string of the molecule is NC[C@H](c1cccc(F)c1)C1(C(=O)O)CCC1. The summed E-state index contributed by atoms with van der Waals surface area (Å²) >= 11 is 0. The zero-order valence-electron chi connectivity index (χ0n) is 9.53. The highest BCUT2D eigenvalue weighted by Crippen LogP contribution is 2.51. The molecule has 0 amide bonds. The number of carboxylic acid groups (broad SMARTS) is 1. The van der Waals surface area contributed by atoms with E-state index in [1.807, 2.05) is 0 Å². The van der Waals surface area contributed by atoms with Crippen LogP contribution in [0.4, 0.5) is 4.39 Å². The van der Waals surface area contributed by atoms with Crippen LogP contribution in [0.5, 0.6) is 0 Å². The highest BCUT2D eigenvalue weighted by molar-refractivity contribution is 5.77. The lowest BCUT2D eigenvalue weighted by Gasteiger charge is -2.44. The molecule has 1 aromatic rings. The molecule has 1 saturated carbocycles. The molecule has 1 aliphatic carbocycles. The highest BCUT2D eigenvalue weighted by atomic mass is 19.1. The normalized spacial score (nSPS) is 19.4. The van der Waals surface area contributed by atoms with Gasteiger partial charge in [0.2, 0.25) is 0 Å². The summed E-state index contributed by atoms with van der Waals surface area (Å²) in [6, 6.07) is 6.09. The first-order valence-electron chi connectivity index (χ1n) is 5.79. The van der Waals surface area contributed by atoms with E-state index in [4.69, 9.17) is 5.73 Å². The van der Waals surface area contributed by atoms with Gasteiger partial charge in [-0.3, -0.25) is 4.79 Å². The molecule has 1 atom stereocenters. The van der Waals surface area contributed by atoms with E-state index in [9.17, 15) is 14.3 Å². The van der Waals surface area contributed by atoms with E-state index >= 15 is 0 Å². The molecule has 0 aliphatic heterocycles. The lowest BCUT2D eigenvalue weighted by Crippen LogP contribution is -2.45. The third-order valence-electron chi connectivity index (χ3n) is 3.83. The summed E-state index contributed by atoms with van der Waals surface area (Å²) in [5.41, 5.74) is 5.60. The number of rotatable bonds is 4. The molecule has 0 aromatic heterocycles. The van der Waals surface area contributed by atoms with Crippen LogP contribution in [0.3, 0.4) is 0 Å². The molecule has 1 aromatic carbocycles. The maximum atomic E-state index is 13.2. The highest BCUT2D eigenvalue weighted by Gasteiger charge is 2.50. The number of hydrogen-bond donors (Lipinski definition) is 2. The lowest BCUT2D eigenvalue weighted by molar-refractivity contribution is -0.156. The third kappa shape index (κ3) is 1.93. The largest absolute Gasteiger partial charge is 0.481 e. The number of carboxylic acids is 1. The molecule has 3 N–H and O–H groups in total. The number of hydrogen-bond acceptors (Lipinski definition) is 2. The average Bonchev–Trinajstić information content (AvgIpc) is 2.22. The molecule has 92 valence electrons. The molecule has 1 fully saturated rings. The molecule has 1 aliphatic rings. The van der Waals surface area contributed by atoms with Gasteiger partial charge in [0.05, 0.1) is 5.41 Å². The predicted octanol–water partition coefficient (Wildman–Crippen LogP) is 2.12. The third-order valence-corrected chi connectivity index (χ3v) is 3.83. The first-order valence-corrected chi connectivity index (χ1v) is 5.79. The van der Waals surface area contributed by atoms with Crippen LogP contribution in [0.15, 0.2) is 24.3 Å². The van der Waals surface area contributed by atoms with Crippen LogP contribution >= 0.6 is 0 Å². The molecule has 3 nitrogen and oxygen atoms in total. The van der Waals surface area contributed by atoms with Gasteiger partial charge in [0.1, 0.15) is 5.82 Å². The van der Waals surface area contributed by atoms with Gasteiger partial charge < -0.3 is 10.8 Å². The molecule has 0 heterocycles. The summed E-state index contributed by atoms with van der Waals surface area (Å²) in [5.74, 6) is -1.46. The standard InChI is InChI=1S/C13H16FNO2/c14-10-4-1-3-9(7-10)11(8-15)13(12(16)17)5-2-6-13/h1,3-4,7,11H,2,5-6,8,15H2,(H,16,17)/t11-/m1/s1. The lowest BCUT2D eigenvalue weighted by atomic mass is 9.59. The average molecular weight is 237 g/mol. The summed E-state index contributed by atoms with van der Waals surface area (Å²) < 4.78 is 13.2. The van der Waals surface area contributed by atoms with Gasteiger partial charge in [0.15, 0.2) is 0 Å². The van der Waals surface area contributed by atoms with Crippen LogP contribution in [0.1, 0.15) is 30.7 Å². The molecule has 4 heteroatoms. The van der Waals surface area contributed by atoms with Crippen molar-refractivity contribution in [3.63, 3.8) is 0 Å². The second kappa shape index (κ2) is 4.45. The van der Waals surface area contributed by atoms with Crippen molar-refractivity contribution in [3.8, 4) is 0 Å². The van der Waals surface area contributed by atoms with Crippen LogP contribution < -0.4 is 5.73 Å². The van der Waals surface area contributed by atoms with Gasteiger partial charge in [0.25, 0.3) is 0 Å². The van der Waals surface area contributed by atoms with E-state index in [1.165, 1.54) is 12.1 Å². The van der Waals surface area contributed by atoms with E-state index in [0.717, 1.165) is 6.42 Å². The Morgan fingerprint density at radius 2 is 2.24 bits per heavy atom. The maximum Gasteiger partial charge on any atom is 0.310 e. The second-order valence-electron chi connectivity index (χ2n) is 4.66. The Labute approximate surface area is 99.4 Å². The van der Waals surface area contributed by atoms with Crippen LogP contribution in [-0.2, 0) is 4.79 Å². The summed E-state index contributed by atoms with van der Waals surface area (Å²) in [7, 11) is 0. The summed E-state index contributed by atoms with van der Waals surface area (Å²) in [5, 5.41) is 9.37. The van der Waals surface area contributed by atoms with Gasteiger partial charge in [-0.05, 0) is 30.5 Å². The zero-order chi connectivity index (χ0) is 12.5. The second-order valence-corrected chi connectivity index (χ2v) is 4.66. The quantitative estimate of drug-likeness (QED) is 0.843. The number of halogens is 1. The Balaban J connectivity index is 2.36. The minimum atomic E-state index is -0.816. The number of benzene rings is 1. The van der Waals surface area contributed by atoms with Crippen molar-refractivity contribution in [2.75, 3.05) is 6.54 Å². The zero-order valence-corrected chi connectivity index (χ0v) is 9.53. The molecular formula is C13H16FNO2. The van der Waals surface area contributed by atoms with E-state index in [2.05, 4.69) is 0 Å². The van der Waals surface area contributed by atoms with Crippen molar-refractivity contribution in [3.05, 3.63) is 35.6 Å². The van der Waals surface area contributed by atoms with Gasteiger partial charge in [-0.15, -0.1) is 0 Å². The number of nitrogens with two attached hydrogens (primary N) is 1. The minimum absolute atomic E-state index is 0.232. The van der Waals surface area contributed by atoms with Crippen LogP contribution in [-0.4, -0.2) is 17.6 Å². The van der Waals surface area contributed by atoms with Crippen LogP contribution in [0.2, 0.25) is 0 Å². The van der Waals surface area contributed by atoms with Crippen LogP contribution in [0.25, 0.3) is 0 Å². The smallest absolute Gasteiger partial charge is 0.310 e. The molecule has 17 heavy (non-hydrogen) atoms. The van der Waals surface area contributed by atoms with E-state index in [0.29, 0.717) is 18.4 Å². The number of carbonyl (C=O) groups is 1. The van der Waals surface area contributed by atoms with Crippen molar-refractivity contribution in [1.29, 1.82) is 0 Å². The van der Waals surface area contributed by atoms with Crippen molar-refractivity contribution in [1.82, 2.24) is 0 Å². The Bertz CT molecular complexity index is 429. The van der Waals surface area contributed by atoms with Crippen molar-refractivity contribution < 1.29 is 14.3 Å². The molecule has 0 bridgehead atoms. The Hall–Kier alpha value is -1.42. The summed E-state index contributed by atoms with van der Waals surface area (Å²) in [4.78, 5) is 11.4. The van der Waals surface area contributed by atoms with E-state index in [-0.39, 0.29) is 18.3 Å². The van der Waals surface area contributed by atoms with Gasteiger partial charge in [-0.2, -0.15) is 0 Å². The van der Waals surface area contributed by atoms with Gasteiger partial charge in [-0.25, -0.2) is 4.39 Å². The fraction of sp³-hybridized carbons (Fsp3) is 0.462. The predicted molar refractivity (Wildman–Crippen MR) is 62.1 cm³/mol. The van der Waals surface area contributed by atoms with Gasteiger partial charge >= 0.3 is 5.97 Å². The van der Waals surface area contributed by atoms with E-state index < -0.39 is 11.4 Å².